The van der Waals surface area contributed by atoms with Gasteiger partial charge in [-0.05, 0) is 56.9 Å². The lowest BCUT2D eigenvalue weighted by atomic mass is 9.80. The third-order valence-corrected chi connectivity index (χ3v) is 4.00. The largest absolute Gasteiger partial charge is 0.370 e. The SMILES string of the molecule is CC(C)C1CCC(NCCCCC(N)=O)CC1. The second-order valence-corrected chi connectivity index (χ2v) is 5.73. The van der Waals surface area contributed by atoms with Crippen LogP contribution in [0.2, 0.25) is 0 Å². The summed E-state index contributed by atoms with van der Waals surface area (Å²) in [5.74, 6) is 1.59. The molecule has 0 radical (unpaired) electrons. The molecule has 100 valence electrons. The molecular formula is C14H28N2O. The predicted octanol–water partition coefficient (Wildman–Crippen LogP) is 2.45. The Morgan fingerprint density at radius 2 is 1.88 bits per heavy atom. The lowest BCUT2D eigenvalue weighted by Crippen LogP contribution is -2.34. The maximum Gasteiger partial charge on any atom is 0.217 e. The number of carbonyl (C=O) groups is 1. The van der Waals surface area contributed by atoms with E-state index in [0.717, 1.165) is 31.2 Å². The lowest BCUT2D eigenvalue weighted by Gasteiger charge is -2.31. The molecule has 0 aromatic heterocycles. The number of nitrogens with one attached hydrogen (secondary N) is 1. The van der Waals surface area contributed by atoms with Crippen LogP contribution in [0.1, 0.15) is 58.8 Å². The van der Waals surface area contributed by atoms with Crippen LogP contribution >= 0.6 is 0 Å². The monoisotopic (exact) mass is 240 g/mol. The van der Waals surface area contributed by atoms with E-state index < -0.39 is 0 Å². The van der Waals surface area contributed by atoms with Crippen LogP contribution in [-0.2, 0) is 4.79 Å². The van der Waals surface area contributed by atoms with Crippen molar-refractivity contribution in [1.82, 2.24) is 5.32 Å². The second kappa shape index (κ2) is 7.70. The highest BCUT2D eigenvalue weighted by Gasteiger charge is 2.22. The molecule has 0 unspecified atom stereocenters. The van der Waals surface area contributed by atoms with Crippen LogP contribution in [0, 0.1) is 11.8 Å². The average molecular weight is 240 g/mol. The van der Waals surface area contributed by atoms with Crippen LogP contribution in [0.25, 0.3) is 0 Å². The zero-order valence-corrected chi connectivity index (χ0v) is 11.4. The minimum Gasteiger partial charge on any atom is -0.370 e. The van der Waals surface area contributed by atoms with Crippen molar-refractivity contribution in [2.75, 3.05) is 6.54 Å². The number of rotatable bonds is 7. The van der Waals surface area contributed by atoms with Gasteiger partial charge in [0.25, 0.3) is 0 Å². The first-order chi connectivity index (χ1) is 8.09. The molecule has 1 amide bonds. The number of hydrogen-bond donors (Lipinski definition) is 2. The van der Waals surface area contributed by atoms with Crippen molar-refractivity contribution in [3.8, 4) is 0 Å². The molecule has 0 atom stereocenters. The molecule has 0 heterocycles. The van der Waals surface area contributed by atoms with Crippen molar-refractivity contribution in [2.24, 2.45) is 17.6 Å². The molecule has 17 heavy (non-hydrogen) atoms. The van der Waals surface area contributed by atoms with E-state index in [9.17, 15) is 4.79 Å². The smallest absolute Gasteiger partial charge is 0.217 e. The van der Waals surface area contributed by atoms with E-state index in [0.29, 0.717) is 12.5 Å². The van der Waals surface area contributed by atoms with Crippen molar-refractivity contribution in [1.29, 1.82) is 0 Å². The predicted molar refractivity (Wildman–Crippen MR) is 71.6 cm³/mol. The molecule has 1 saturated carbocycles. The number of nitrogens with two attached hydrogens (primary N) is 1. The van der Waals surface area contributed by atoms with E-state index in [4.69, 9.17) is 5.73 Å². The Morgan fingerprint density at radius 3 is 2.41 bits per heavy atom. The Kier molecular flexibility index (Phi) is 6.56. The molecule has 1 aliphatic carbocycles. The Labute approximate surface area is 106 Å². The molecule has 3 N–H and O–H groups in total. The molecule has 1 rings (SSSR count). The topological polar surface area (TPSA) is 55.1 Å². The first-order valence-electron chi connectivity index (χ1n) is 7.11. The van der Waals surface area contributed by atoms with Crippen molar-refractivity contribution < 1.29 is 4.79 Å². The molecular weight excluding hydrogens is 212 g/mol. The average Bonchev–Trinajstić information content (AvgIpc) is 2.29. The number of hydrogen-bond acceptors (Lipinski definition) is 2. The first-order valence-corrected chi connectivity index (χ1v) is 7.11. The second-order valence-electron chi connectivity index (χ2n) is 5.73. The van der Waals surface area contributed by atoms with Crippen molar-refractivity contribution in [3.05, 3.63) is 0 Å². The molecule has 1 fully saturated rings. The summed E-state index contributed by atoms with van der Waals surface area (Å²) in [5, 5.41) is 3.60. The summed E-state index contributed by atoms with van der Waals surface area (Å²) in [4.78, 5) is 10.6. The molecule has 0 aliphatic heterocycles. The third-order valence-electron chi connectivity index (χ3n) is 4.00. The lowest BCUT2D eigenvalue weighted by molar-refractivity contribution is -0.118. The maximum atomic E-state index is 10.6. The Morgan fingerprint density at radius 1 is 1.24 bits per heavy atom. The highest BCUT2D eigenvalue weighted by atomic mass is 16.1. The van der Waals surface area contributed by atoms with E-state index in [1.165, 1.54) is 25.7 Å². The Hall–Kier alpha value is -0.570. The van der Waals surface area contributed by atoms with Crippen molar-refractivity contribution in [2.45, 2.75) is 64.8 Å². The van der Waals surface area contributed by atoms with Crippen molar-refractivity contribution >= 4 is 5.91 Å². The van der Waals surface area contributed by atoms with Gasteiger partial charge in [-0.3, -0.25) is 4.79 Å². The van der Waals surface area contributed by atoms with E-state index in [1.54, 1.807) is 0 Å². The van der Waals surface area contributed by atoms with Gasteiger partial charge in [0.15, 0.2) is 0 Å². The van der Waals surface area contributed by atoms with Crippen LogP contribution in [0.4, 0.5) is 0 Å². The maximum absolute atomic E-state index is 10.6. The van der Waals surface area contributed by atoms with Gasteiger partial charge in [-0.1, -0.05) is 13.8 Å². The number of primary amides is 1. The van der Waals surface area contributed by atoms with Crippen LogP contribution in [0.5, 0.6) is 0 Å². The summed E-state index contributed by atoms with van der Waals surface area (Å²) in [6.45, 7) is 5.70. The van der Waals surface area contributed by atoms with Gasteiger partial charge < -0.3 is 11.1 Å². The van der Waals surface area contributed by atoms with Gasteiger partial charge in [0.1, 0.15) is 0 Å². The minimum absolute atomic E-state index is 0.178. The highest BCUT2D eigenvalue weighted by molar-refractivity contribution is 5.73. The summed E-state index contributed by atoms with van der Waals surface area (Å²) in [7, 11) is 0. The fraction of sp³-hybridized carbons (Fsp3) is 0.929. The number of carbonyl (C=O) groups excluding carboxylic acids is 1. The summed E-state index contributed by atoms with van der Waals surface area (Å²) in [6.07, 6.45) is 7.89. The molecule has 0 bridgehead atoms. The van der Waals surface area contributed by atoms with Gasteiger partial charge >= 0.3 is 0 Å². The Balaban J connectivity index is 2.01. The van der Waals surface area contributed by atoms with Gasteiger partial charge in [0.2, 0.25) is 5.91 Å². The highest BCUT2D eigenvalue weighted by Crippen LogP contribution is 2.29. The van der Waals surface area contributed by atoms with E-state index in [1.807, 2.05) is 0 Å². The van der Waals surface area contributed by atoms with Crippen LogP contribution in [-0.4, -0.2) is 18.5 Å². The standard InChI is InChI=1S/C14H28N2O/c1-11(2)12-6-8-13(9-7-12)16-10-4-3-5-14(15)17/h11-13,16H,3-10H2,1-2H3,(H2,15,17). The van der Waals surface area contributed by atoms with Gasteiger partial charge in [-0.25, -0.2) is 0 Å². The summed E-state index contributed by atoms with van der Waals surface area (Å²) < 4.78 is 0. The molecule has 0 aromatic carbocycles. The summed E-state index contributed by atoms with van der Waals surface area (Å²) in [5.41, 5.74) is 5.10. The van der Waals surface area contributed by atoms with E-state index >= 15 is 0 Å². The molecule has 3 nitrogen and oxygen atoms in total. The molecule has 0 saturated heterocycles. The van der Waals surface area contributed by atoms with Gasteiger partial charge in [0.05, 0.1) is 0 Å². The van der Waals surface area contributed by atoms with E-state index in [-0.39, 0.29) is 5.91 Å². The van der Waals surface area contributed by atoms with Gasteiger partial charge in [-0.2, -0.15) is 0 Å². The Bertz CT molecular complexity index is 220. The summed E-state index contributed by atoms with van der Waals surface area (Å²) >= 11 is 0. The fourth-order valence-corrected chi connectivity index (χ4v) is 2.72. The van der Waals surface area contributed by atoms with Crippen LogP contribution in [0.15, 0.2) is 0 Å². The third kappa shape index (κ3) is 6.06. The molecule has 0 spiro atoms. The van der Waals surface area contributed by atoms with Crippen LogP contribution < -0.4 is 11.1 Å². The zero-order valence-electron chi connectivity index (χ0n) is 11.4. The van der Waals surface area contributed by atoms with Crippen molar-refractivity contribution in [3.63, 3.8) is 0 Å². The molecule has 1 aliphatic rings. The molecule has 3 heteroatoms. The van der Waals surface area contributed by atoms with E-state index in [2.05, 4.69) is 19.2 Å². The normalized spacial score (nSPS) is 25.1. The first kappa shape index (κ1) is 14.5. The van der Waals surface area contributed by atoms with Crippen LogP contribution in [0.3, 0.4) is 0 Å². The molecule has 0 aromatic rings. The minimum atomic E-state index is -0.178. The zero-order chi connectivity index (χ0) is 12.7. The quantitative estimate of drug-likeness (QED) is 0.672. The number of amides is 1. The van der Waals surface area contributed by atoms with Gasteiger partial charge in [-0.15, -0.1) is 0 Å². The summed E-state index contributed by atoms with van der Waals surface area (Å²) in [6, 6.07) is 0.707. The number of unbranched alkanes of at least 4 members (excludes halogenated alkanes) is 1. The van der Waals surface area contributed by atoms with Gasteiger partial charge in [0, 0.05) is 12.5 Å². The fourth-order valence-electron chi connectivity index (χ4n) is 2.72.